The third-order valence-electron chi connectivity index (χ3n) is 3.37. The van der Waals surface area contributed by atoms with Crippen molar-refractivity contribution >= 4 is 22.5 Å². The van der Waals surface area contributed by atoms with Gasteiger partial charge in [-0.2, -0.15) is 0 Å². The molecular formula is C16H13ClN2O. The fourth-order valence-electron chi connectivity index (χ4n) is 2.25. The Kier molecular flexibility index (Phi) is 3.07. The van der Waals surface area contributed by atoms with Crippen molar-refractivity contribution in [3.8, 4) is 11.4 Å². The molecule has 3 aromatic rings. The van der Waals surface area contributed by atoms with E-state index in [4.69, 9.17) is 11.6 Å². The molecule has 20 heavy (non-hydrogen) atoms. The number of aromatic amines is 1. The molecule has 0 spiro atoms. The Morgan fingerprint density at radius 2 is 1.85 bits per heavy atom. The van der Waals surface area contributed by atoms with Gasteiger partial charge in [-0.3, -0.25) is 4.79 Å². The van der Waals surface area contributed by atoms with E-state index in [1.807, 2.05) is 44.2 Å². The molecule has 0 amide bonds. The smallest absolute Gasteiger partial charge is 0.259 e. The molecule has 3 nitrogen and oxygen atoms in total. The summed E-state index contributed by atoms with van der Waals surface area (Å²) in [6, 6.07) is 11.2. The molecule has 0 aliphatic carbocycles. The van der Waals surface area contributed by atoms with Crippen LogP contribution in [0.2, 0.25) is 5.02 Å². The van der Waals surface area contributed by atoms with E-state index >= 15 is 0 Å². The molecule has 0 bridgehead atoms. The monoisotopic (exact) mass is 284 g/mol. The van der Waals surface area contributed by atoms with Crippen LogP contribution in [0.15, 0.2) is 41.2 Å². The van der Waals surface area contributed by atoms with Gasteiger partial charge in [0.1, 0.15) is 5.82 Å². The zero-order valence-electron chi connectivity index (χ0n) is 11.2. The Balaban J connectivity index is 2.30. The minimum absolute atomic E-state index is 0.127. The van der Waals surface area contributed by atoms with Crippen LogP contribution in [0.1, 0.15) is 11.1 Å². The zero-order chi connectivity index (χ0) is 14.3. The van der Waals surface area contributed by atoms with E-state index in [1.54, 1.807) is 6.07 Å². The van der Waals surface area contributed by atoms with Gasteiger partial charge in [0, 0.05) is 10.6 Å². The molecule has 2 aromatic carbocycles. The lowest BCUT2D eigenvalue weighted by Crippen LogP contribution is -2.09. The normalized spacial score (nSPS) is 10.9. The molecule has 0 saturated carbocycles. The first-order valence-electron chi connectivity index (χ1n) is 6.32. The van der Waals surface area contributed by atoms with Crippen molar-refractivity contribution in [3.63, 3.8) is 0 Å². The standard InChI is InChI=1S/C16H13ClN2O/c1-9-8-13(17)10(2)7-12(9)15-18-14-6-4-3-5-11(14)16(20)19-15/h3-8H,1-2H3,(H,18,19,20). The summed E-state index contributed by atoms with van der Waals surface area (Å²) in [7, 11) is 0. The molecule has 0 aliphatic rings. The Morgan fingerprint density at radius 3 is 2.65 bits per heavy atom. The largest absolute Gasteiger partial charge is 0.306 e. The van der Waals surface area contributed by atoms with Gasteiger partial charge in [-0.1, -0.05) is 23.7 Å². The Bertz CT molecular complexity index is 868. The van der Waals surface area contributed by atoms with Crippen LogP contribution in [0, 0.1) is 13.8 Å². The number of nitrogens with one attached hydrogen (secondary N) is 1. The molecule has 0 atom stereocenters. The summed E-state index contributed by atoms with van der Waals surface area (Å²) >= 11 is 6.11. The topological polar surface area (TPSA) is 45.8 Å². The second kappa shape index (κ2) is 4.76. The lowest BCUT2D eigenvalue weighted by Gasteiger charge is -2.09. The van der Waals surface area contributed by atoms with Crippen LogP contribution < -0.4 is 5.56 Å². The first-order chi connectivity index (χ1) is 9.56. The van der Waals surface area contributed by atoms with Gasteiger partial charge in [-0.05, 0) is 49.2 Å². The van der Waals surface area contributed by atoms with E-state index in [2.05, 4.69) is 9.97 Å². The summed E-state index contributed by atoms with van der Waals surface area (Å²) in [5, 5.41) is 1.31. The van der Waals surface area contributed by atoms with Crippen LogP contribution in [0.3, 0.4) is 0 Å². The number of hydrogen-bond acceptors (Lipinski definition) is 2. The number of H-pyrrole nitrogens is 1. The molecule has 0 saturated heterocycles. The molecular weight excluding hydrogens is 272 g/mol. The van der Waals surface area contributed by atoms with Gasteiger partial charge in [-0.15, -0.1) is 0 Å². The molecule has 1 heterocycles. The highest BCUT2D eigenvalue weighted by Crippen LogP contribution is 2.26. The number of para-hydroxylation sites is 1. The second-order valence-electron chi connectivity index (χ2n) is 4.85. The van der Waals surface area contributed by atoms with Gasteiger partial charge in [0.25, 0.3) is 5.56 Å². The van der Waals surface area contributed by atoms with Crippen molar-refractivity contribution in [1.82, 2.24) is 9.97 Å². The number of nitrogens with zero attached hydrogens (tertiary/aromatic N) is 1. The number of aryl methyl sites for hydroxylation is 2. The maximum Gasteiger partial charge on any atom is 0.259 e. The first kappa shape index (κ1) is 12.9. The number of halogens is 1. The zero-order valence-corrected chi connectivity index (χ0v) is 12.0. The first-order valence-corrected chi connectivity index (χ1v) is 6.70. The van der Waals surface area contributed by atoms with Crippen LogP contribution in [0.5, 0.6) is 0 Å². The van der Waals surface area contributed by atoms with E-state index in [9.17, 15) is 4.79 Å². The van der Waals surface area contributed by atoms with Gasteiger partial charge >= 0.3 is 0 Å². The third-order valence-corrected chi connectivity index (χ3v) is 3.78. The summed E-state index contributed by atoms with van der Waals surface area (Å²) in [5.41, 5.74) is 3.41. The van der Waals surface area contributed by atoms with Crippen molar-refractivity contribution < 1.29 is 0 Å². The molecule has 0 aliphatic heterocycles. The quantitative estimate of drug-likeness (QED) is 0.737. The molecule has 0 radical (unpaired) electrons. The summed E-state index contributed by atoms with van der Waals surface area (Å²) < 4.78 is 0. The molecule has 1 aromatic heterocycles. The van der Waals surface area contributed by atoms with Crippen molar-refractivity contribution in [1.29, 1.82) is 0 Å². The van der Waals surface area contributed by atoms with Crippen LogP contribution in [-0.4, -0.2) is 9.97 Å². The number of aromatic nitrogens is 2. The lowest BCUT2D eigenvalue weighted by atomic mass is 10.0. The average molecular weight is 285 g/mol. The number of hydrogen-bond donors (Lipinski definition) is 1. The van der Waals surface area contributed by atoms with Gasteiger partial charge in [0.2, 0.25) is 0 Å². The highest BCUT2D eigenvalue weighted by Gasteiger charge is 2.09. The van der Waals surface area contributed by atoms with Gasteiger partial charge in [-0.25, -0.2) is 4.98 Å². The molecule has 0 unspecified atom stereocenters. The lowest BCUT2D eigenvalue weighted by molar-refractivity contribution is 1.17. The maximum atomic E-state index is 12.1. The molecule has 4 heteroatoms. The van der Waals surface area contributed by atoms with E-state index in [-0.39, 0.29) is 5.56 Å². The minimum atomic E-state index is -0.127. The van der Waals surface area contributed by atoms with Crippen molar-refractivity contribution in [2.75, 3.05) is 0 Å². The number of rotatable bonds is 1. The fourth-order valence-corrected chi connectivity index (χ4v) is 2.47. The van der Waals surface area contributed by atoms with Gasteiger partial charge < -0.3 is 4.98 Å². The van der Waals surface area contributed by atoms with Crippen LogP contribution >= 0.6 is 11.6 Å². The molecule has 0 fully saturated rings. The Labute approximate surface area is 121 Å². The van der Waals surface area contributed by atoms with E-state index in [0.717, 1.165) is 21.7 Å². The summed E-state index contributed by atoms with van der Waals surface area (Å²) in [4.78, 5) is 19.5. The predicted octanol–water partition coefficient (Wildman–Crippen LogP) is 3.86. The second-order valence-corrected chi connectivity index (χ2v) is 5.26. The summed E-state index contributed by atoms with van der Waals surface area (Å²) in [6.07, 6.45) is 0. The third kappa shape index (κ3) is 2.10. The van der Waals surface area contributed by atoms with Crippen LogP contribution in [0.4, 0.5) is 0 Å². The summed E-state index contributed by atoms with van der Waals surface area (Å²) in [5.74, 6) is 0.575. The average Bonchev–Trinajstić information content (AvgIpc) is 2.43. The predicted molar refractivity (Wildman–Crippen MR) is 82.3 cm³/mol. The molecule has 3 rings (SSSR count). The Morgan fingerprint density at radius 1 is 1.10 bits per heavy atom. The highest BCUT2D eigenvalue weighted by molar-refractivity contribution is 6.31. The number of benzene rings is 2. The van der Waals surface area contributed by atoms with Crippen LogP contribution in [-0.2, 0) is 0 Å². The Hall–Kier alpha value is -2.13. The van der Waals surface area contributed by atoms with Gasteiger partial charge in [0.05, 0.1) is 10.9 Å². The van der Waals surface area contributed by atoms with Crippen LogP contribution in [0.25, 0.3) is 22.3 Å². The van der Waals surface area contributed by atoms with Gasteiger partial charge in [0.15, 0.2) is 0 Å². The van der Waals surface area contributed by atoms with Crippen molar-refractivity contribution in [2.24, 2.45) is 0 Å². The highest BCUT2D eigenvalue weighted by atomic mass is 35.5. The maximum absolute atomic E-state index is 12.1. The van der Waals surface area contributed by atoms with Crippen molar-refractivity contribution in [2.45, 2.75) is 13.8 Å². The summed E-state index contributed by atoms with van der Waals surface area (Å²) in [6.45, 7) is 3.89. The molecule has 100 valence electrons. The van der Waals surface area contributed by atoms with E-state index in [0.29, 0.717) is 16.7 Å². The number of fused-ring (bicyclic) bond motifs is 1. The minimum Gasteiger partial charge on any atom is -0.306 e. The van der Waals surface area contributed by atoms with E-state index in [1.165, 1.54) is 0 Å². The van der Waals surface area contributed by atoms with Crippen molar-refractivity contribution in [3.05, 3.63) is 62.9 Å². The SMILES string of the molecule is Cc1cc(-c2nc3ccccc3c(=O)[nH]2)c(C)cc1Cl. The molecule has 1 N–H and O–H groups in total. The fraction of sp³-hybridized carbons (Fsp3) is 0.125. The van der Waals surface area contributed by atoms with E-state index < -0.39 is 0 Å².